The maximum Gasteiger partial charge on any atom is 0.262 e. The van der Waals surface area contributed by atoms with Crippen LogP contribution >= 0.6 is 0 Å². The fourth-order valence-electron chi connectivity index (χ4n) is 3.78. The van der Waals surface area contributed by atoms with Crippen molar-refractivity contribution in [2.75, 3.05) is 23.8 Å². The lowest BCUT2D eigenvalue weighted by Gasteiger charge is -2.23. The summed E-state index contributed by atoms with van der Waals surface area (Å²) in [4.78, 5) is 19.4. The number of hydrogen-bond acceptors (Lipinski definition) is 5. The summed E-state index contributed by atoms with van der Waals surface area (Å²) in [7, 11) is 0. The molecular formula is C14H16F2N4O2. The van der Waals surface area contributed by atoms with Crippen LogP contribution in [-0.2, 0) is 4.79 Å². The summed E-state index contributed by atoms with van der Waals surface area (Å²) < 4.78 is 33.4. The van der Waals surface area contributed by atoms with Gasteiger partial charge in [0.05, 0.1) is 5.41 Å². The van der Waals surface area contributed by atoms with Crippen LogP contribution in [0.15, 0.2) is 6.33 Å². The number of aromatic nitrogens is 2. The van der Waals surface area contributed by atoms with E-state index in [2.05, 4.69) is 20.6 Å². The summed E-state index contributed by atoms with van der Waals surface area (Å²) in [5.74, 6) is -2.86. The maximum absolute atomic E-state index is 14.1. The Morgan fingerprint density at radius 2 is 2.27 bits per heavy atom. The molecule has 2 heterocycles. The van der Waals surface area contributed by atoms with E-state index in [4.69, 9.17) is 4.74 Å². The monoisotopic (exact) mass is 310 g/mol. The van der Waals surface area contributed by atoms with E-state index in [1.807, 2.05) is 0 Å². The van der Waals surface area contributed by atoms with Crippen molar-refractivity contribution >= 4 is 17.4 Å². The number of anilines is 2. The van der Waals surface area contributed by atoms with Crippen molar-refractivity contribution in [1.29, 1.82) is 0 Å². The third-order valence-corrected chi connectivity index (χ3v) is 5.04. The minimum absolute atomic E-state index is 0.104. The van der Waals surface area contributed by atoms with Gasteiger partial charge in [0.25, 0.3) is 11.8 Å². The molecule has 1 amide bonds. The first-order valence-electron chi connectivity index (χ1n) is 7.44. The van der Waals surface area contributed by atoms with E-state index >= 15 is 0 Å². The summed E-state index contributed by atoms with van der Waals surface area (Å²) in [6.45, 7) is 0.0392. The topological polar surface area (TPSA) is 76.1 Å². The van der Waals surface area contributed by atoms with Crippen molar-refractivity contribution in [3.8, 4) is 5.88 Å². The summed E-state index contributed by atoms with van der Waals surface area (Å²) >= 11 is 0. The number of rotatable bonds is 3. The number of halogens is 2. The Morgan fingerprint density at radius 1 is 1.41 bits per heavy atom. The second-order valence-corrected chi connectivity index (χ2v) is 6.17. The molecular weight excluding hydrogens is 294 g/mol. The molecule has 1 aromatic rings. The molecule has 22 heavy (non-hydrogen) atoms. The van der Waals surface area contributed by atoms with Gasteiger partial charge < -0.3 is 15.4 Å². The van der Waals surface area contributed by atoms with Crippen molar-refractivity contribution in [1.82, 2.24) is 9.97 Å². The van der Waals surface area contributed by atoms with Crippen LogP contribution in [-0.4, -0.2) is 34.9 Å². The van der Waals surface area contributed by atoms with Gasteiger partial charge in [0.2, 0.25) is 5.88 Å². The molecule has 0 spiro atoms. The Bertz CT molecular complexity index is 639. The molecule has 6 nitrogen and oxygen atoms in total. The molecule has 1 aromatic heterocycles. The molecule has 0 aromatic carbocycles. The molecule has 2 atom stereocenters. The van der Waals surface area contributed by atoms with E-state index in [-0.39, 0.29) is 24.9 Å². The molecule has 0 saturated heterocycles. The lowest BCUT2D eigenvalue weighted by atomic mass is 9.88. The number of carbonyl (C=O) groups excluding carboxylic acids is 1. The molecule has 2 unspecified atom stereocenters. The van der Waals surface area contributed by atoms with Gasteiger partial charge in [-0.15, -0.1) is 0 Å². The molecule has 2 aliphatic carbocycles. The van der Waals surface area contributed by atoms with Gasteiger partial charge >= 0.3 is 0 Å². The zero-order valence-corrected chi connectivity index (χ0v) is 11.9. The molecule has 118 valence electrons. The van der Waals surface area contributed by atoms with Gasteiger partial charge in [-0.05, 0) is 12.8 Å². The fraction of sp³-hybridized carbons (Fsp3) is 0.643. The molecule has 0 radical (unpaired) electrons. The van der Waals surface area contributed by atoms with E-state index in [1.165, 1.54) is 6.33 Å². The highest BCUT2D eigenvalue weighted by Gasteiger charge is 2.79. The zero-order chi connectivity index (χ0) is 15.4. The molecule has 2 fully saturated rings. The van der Waals surface area contributed by atoms with Crippen molar-refractivity contribution in [3.63, 3.8) is 0 Å². The van der Waals surface area contributed by atoms with Gasteiger partial charge in [0, 0.05) is 12.5 Å². The first kappa shape index (κ1) is 13.7. The minimum atomic E-state index is -2.61. The van der Waals surface area contributed by atoms with Crippen LogP contribution in [0.5, 0.6) is 5.88 Å². The first-order chi connectivity index (χ1) is 10.5. The van der Waals surface area contributed by atoms with Crippen molar-refractivity contribution in [2.45, 2.75) is 31.6 Å². The van der Waals surface area contributed by atoms with Gasteiger partial charge in [-0.2, -0.15) is 4.98 Å². The quantitative estimate of drug-likeness (QED) is 0.893. The number of nitrogens with zero attached hydrogens (tertiary/aromatic N) is 2. The largest absolute Gasteiger partial charge is 0.466 e. The number of ether oxygens (including phenoxy) is 1. The second kappa shape index (κ2) is 4.50. The van der Waals surface area contributed by atoms with Crippen LogP contribution in [0.4, 0.5) is 20.3 Å². The molecule has 4 rings (SSSR count). The van der Waals surface area contributed by atoms with Gasteiger partial charge in [-0.25, -0.2) is 13.8 Å². The van der Waals surface area contributed by atoms with Crippen LogP contribution < -0.4 is 15.4 Å². The highest BCUT2D eigenvalue weighted by molar-refractivity contribution is 5.97. The van der Waals surface area contributed by atoms with Crippen LogP contribution in [0.2, 0.25) is 0 Å². The number of alkyl halides is 2. The second-order valence-electron chi connectivity index (χ2n) is 6.17. The van der Waals surface area contributed by atoms with Crippen molar-refractivity contribution in [2.24, 2.45) is 11.3 Å². The van der Waals surface area contributed by atoms with E-state index < -0.39 is 17.3 Å². The van der Waals surface area contributed by atoms with Crippen molar-refractivity contribution in [3.05, 3.63) is 6.33 Å². The van der Waals surface area contributed by atoms with E-state index in [0.717, 1.165) is 12.8 Å². The number of hydrogen-bond donors (Lipinski definition) is 2. The number of amides is 1. The van der Waals surface area contributed by atoms with Crippen LogP contribution in [0.3, 0.4) is 0 Å². The van der Waals surface area contributed by atoms with Crippen LogP contribution in [0, 0.1) is 11.3 Å². The molecule has 0 bridgehead atoms. The standard InChI is InChI=1S/C14H16F2N4O2/c15-14(16)8-3-1-2-4-13(8,14)6-17-11-10-12(19-7-18-11)22-5-9(21)20-10/h7-8H,1-6H2,(H,20,21)(H,17,18,19). The molecule has 8 heteroatoms. The highest BCUT2D eigenvalue weighted by atomic mass is 19.3. The number of carbonyl (C=O) groups is 1. The van der Waals surface area contributed by atoms with Gasteiger partial charge in [0.15, 0.2) is 12.4 Å². The Labute approximate surface area is 125 Å². The Balaban J connectivity index is 1.55. The zero-order valence-electron chi connectivity index (χ0n) is 11.9. The van der Waals surface area contributed by atoms with Gasteiger partial charge in [-0.3, -0.25) is 4.79 Å². The van der Waals surface area contributed by atoms with Crippen LogP contribution in [0.1, 0.15) is 25.7 Å². The highest BCUT2D eigenvalue weighted by Crippen LogP contribution is 2.72. The summed E-state index contributed by atoms with van der Waals surface area (Å²) in [6.07, 6.45) is 4.09. The smallest absolute Gasteiger partial charge is 0.262 e. The van der Waals surface area contributed by atoms with E-state index in [0.29, 0.717) is 24.3 Å². The normalized spacial score (nSPS) is 31.4. The van der Waals surface area contributed by atoms with E-state index in [1.54, 1.807) is 0 Å². The summed E-state index contributed by atoms with van der Waals surface area (Å²) in [6, 6.07) is 0. The van der Waals surface area contributed by atoms with Gasteiger partial charge in [0.1, 0.15) is 12.0 Å². The molecule has 3 aliphatic rings. The summed E-state index contributed by atoms with van der Waals surface area (Å²) in [5, 5.41) is 5.60. The first-order valence-corrected chi connectivity index (χ1v) is 7.44. The Morgan fingerprint density at radius 3 is 3.09 bits per heavy atom. The fourth-order valence-corrected chi connectivity index (χ4v) is 3.78. The SMILES string of the molecule is O=C1COc2ncnc(NCC34CCCCC3C4(F)F)c2N1. The van der Waals surface area contributed by atoms with Crippen molar-refractivity contribution < 1.29 is 18.3 Å². The van der Waals surface area contributed by atoms with Gasteiger partial charge in [-0.1, -0.05) is 12.8 Å². The average Bonchev–Trinajstić information content (AvgIpc) is 3.02. The molecule has 2 saturated carbocycles. The number of nitrogens with one attached hydrogen (secondary N) is 2. The lowest BCUT2D eigenvalue weighted by molar-refractivity contribution is -0.118. The molecule has 2 N–H and O–H groups in total. The molecule has 1 aliphatic heterocycles. The average molecular weight is 310 g/mol. The third-order valence-electron chi connectivity index (χ3n) is 5.04. The van der Waals surface area contributed by atoms with Crippen LogP contribution in [0.25, 0.3) is 0 Å². The maximum atomic E-state index is 14.1. The Kier molecular flexibility index (Phi) is 2.79. The lowest BCUT2D eigenvalue weighted by Crippen LogP contribution is -2.29. The minimum Gasteiger partial charge on any atom is -0.466 e. The third kappa shape index (κ3) is 1.79. The Hall–Kier alpha value is -1.99. The predicted octanol–water partition coefficient (Wildman–Crippen LogP) is 2.04. The van der Waals surface area contributed by atoms with E-state index in [9.17, 15) is 13.6 Å². The summed E-state index contributed by atoms with van der Waals surface area (Å²) in [5.41, 5.74) is -0.644. The predicted molar refractivity (Wildman–Crippen MR) is 74.0 cm³/mol. The number of fused-ring (bicyclic) bond motifs is 2.